The Hall–Kier alpha value is -0.683. The van der Waals surface area contributed by atoms with E-state index in [1.165, 1.54) is 5.56 Å². The summed E-state index contributed by atoms with van der Waals surface area (Å²) >= 11 is 0. The molecule has 0 saturated heterocycles. The summed E-state index contributed by atoms with van der Waals surface area (Å²) in [5, 5.41) is 0. The average molecular weight is 296 g/mol. The molecule has 1 unspecified atom stereocenters. The third-order valence-electron chi connectivity index (χ3n) is 3.79. The minimum absolute atomic E-state index is 0.0322. The average Bonchev–Trinajstić information content (AvgIpc) is 2.50. The van der Waals surface area contributed by atoms with Crippen LogP contribution in [-0.4, -0.2) is 21.0 Å². The largest absolute Gasteiger partial charge is 0.374 e. The predicted molar refractivity (Wildman–Crippen MR) is 84.9 cm³/mol. The fraction of sp³-hybridized carbons (Fsp3) is 0.625. The Morgan fingerprint density at radius 2 is 1.60 bits per heavy atom. The highest BCUT2D eigenvalue weighted by molar-refractivity contribution is 6.73. The van der Waals surface area contributed by atoms with Crippen molar-refractivity contribution in [3.63, 3.8) is 0 Å². The van der Waals surface area contributed by atoms with E-state index in [0.717, 1.165) is 18.1 Å². The van der Waals surface area contributed by atoms with E-state index >= 15 is 0 Å². The van der Waals surface area contributed by atoms with Gasteiger partial charge in [-0.15, -0.1) is 0 Å². The molecule has 0 fully saturated rings. The highest BCUT2D eigenvalue weighted by atomic mass is 28.4. The predicted octanol–water partition coefficient (Wildman–Crippen LogP) is 4.55. The van der Waals surface area contributed by atoms with Crippen molar-refractivity contribution in [2.45, 2.75) is 58.5 Å². The van der Waals surface area contributed by atoms with Crippen LogP contribution in [0.15, 0.2) is 30.3 Å². The zero-order valence-corrected chi connectivity index (χ0v) is 14.2. The highest BCUT2D eigenvalue weighted by Gasteiger charge is 2.31. The lowest BCUT2D eigenvalue weighted by Crippen LogP contribution is -2.37. The van der Waals surface area contributed by atoms with Crippen molar-refractivity contribution in [1.82, 2.24) is 0 Å². The Morgan fingerprint density at radius 3 is 2.15 bits per heavy atom. The SMILES string of the molecule is CC[Si](CC)(CC)OOC(C)COCc1ccccc1. The fourth-order valence-electron chi connectivity index (χ4n) is 2.06. The molecule has 0 radical (unpaired) electrons. The Labute approximate surface area is 124 Å². The summed E-state index contributed by atoms with van der Waals surface area (Å²) < 4.78 is 11.5. The van der Waals surface area contributed by atoms with Crippen molar-refractivity contribution in [3.8, 4) is 0 Å². The van der Waals surface area contributed by atoms with Crippen LogP contribution in [0.3, 0.4) is 0 Å². The van der Waals surface area contributed by atoms with Crippen LogP contribution in [0.2, 0.25) is 18.1 Å². The van der Waals surface area contributed by atoms with Crippen LogP contribution in [0, 0.1) is 0 Å². The molecule has 0 heterocycles. The van der Waals surface area contributed by atoms with Gasteiger partial charge >= 0.3 is 0 Å². The van der Waals surface area contributed by atoms with Crippen LogP contribution in [0.25, 0.3) is 0 Å². The number of hydrogen-bond donors (Lipinski definition) is 0. The van der Waals surface area contributed by atoms with Gasteiger partial charge in [0.1, 0.15) is 6.10 Å². The zero-order valence-electron chi connectivity index (χ0n) is 13.2. The van der Waals surface area contributed by atoms with E-state index in [2.05, 4.69) is 32.9 Å². The van der Waals surface area contributed by atoms with Gasteiger partial charge in [0.25, 0.3) is 0 Å². The van der Waals surface area contributed by atoms with E-state index in [4.69, 9.17) is 14.2 Å². The summed E-state index contributed by atoms with van der Waals surface area (Å²) in [6.45, 7) is 9.74. The maximum Gasteiger partial charge on any atom is 0.238 e. The normalized spacial score (nSPS) is 13.4. The van der Waals surface area contributed by atoms with Gasteiger partial charge in [0, 0.05) is 0 Å². The summed E-state index contributed by atoms with van der Waals surface area (Å²) in [6.07, 6.45) is -0.0322. The first kappa shape index (κ1) is 17.4. The first-order valence-electron chi connectivity index (χ1n) is 7.62. The molecule has 114 valence electrons. The maximum atomic E-state index is 5.80. The van der Waals surface area contributed by atoms with Crippen LogP contribution in [-0.2, 0) is 20.8 Å². The van der Waals surface area contributed by atoms with E-state index in [-0.39, 0.29) is 6.10 Å². The Bertz CT molecular complexity index is 344. The molecular formula is C16H28O3Si. The molecular weight excluding hydrogens is 268 g/mol. The molecule has 0 amide bonds. The second kappa shape index (κ2) is 9.29. The summed E-state index contributed by atoms with van der Waals surface area (Å²) in [4.78, 5) is 5.55. The van der Waals surface area contributed by atoms with Gasteiger partial charge in [-0.3, -0.25) is 4.58 Å². The standard InChI is InChI=1S/C16H28O3Si/c1-5-20(6-2,7-3)19-18-15(4)13-17-14-16-11-9-8-10-12-16/h8-12,15H,5-7,13-14H2,1-4H3. The molecule has 0 spiro atoms. The molecule has 0 N–H and O–H groups in total. The van der Waals surface area contributed by atoms with Crippen LogP contribution in [0.5, 0.6) is 0 Å². The fourth-order valence-corrected chi connectivity index (χ4v) is 4.28. The highest BCUT2D eigenvalue weighted by Crippen LogP contribution is 2.22. The van der Waals surface area contributed by atoms with Crippen LogP contribution in [0.4, 0.5) is 0 Å². The third kappa shape index (κ3) is 5.75. The second-order valence-corrected chi connectivity index (χ2v) is 9.89. The van der Waals surface area contributed by atoms with Gasteiger partial charge in [-0.1, -0.05) is 51.1 Å². The maximum absolute atomic E-state index is 5.80. The molecule has 0 saturated carbocycles. The molecule has 1 atom stereocenters. The lowest BCUT2D eigenvalue weighted by molar-refractivity contribution is -0.262. The summed E-state index contributed by atoms with van der Waals surface area (Å²) in [7, 11) is -1.66. The van der Waals surface area contributed by atoms with E-state index < -0.39 is 8.32 Å². The Balaban J connectivity index is 2.25. The van der Waals surface area contributed by atoms with Gasteiger partial charge in [-0.2, -0.15) is 0 Å². The molecule has 0 aliphatic heterocycles. The van der Waals surface area contributed by atoms with Crippen molar-refractivity contribution in [2.24, 2.45) is 0 Å². The van der Waals surface area contributed by atoms with Gasteiger partial charge in [0.05, 0.1) is 13.2 Å². The van der Waals surface area contributed by atoms with Crippen molar-refractivity contribution >= 4 is 8.32 Å². The van der Waals surface area contributed by atoms with Crippen molar-refractivity contribution in [2.75, 3.05) is 6.61 Å². The van der Waals surface area contributed by atoms with Crippen molar-refractivity contribution in [3.05, 3.63) is 35.9 Å². The van der Waals surface area contributed by atoms with Crippen LogP contribution in [0.1, 0.15) is 33.3 Å². The molecule has 0 aliphatic rings. The summed E-state index contributed by atoms with van der Waals surface area (Å²) in [5.41, 5.74) is 1.18. The Kier molecular flexibility index (Phi) is 8.07. The van der Waals surface area contributed by atoms with Gasteiger partial charge in [-0.25, -0.2) is 4.89 Å². The monoisotopic (exact) mass is 296 g/mol. The number of rotatable bonds is 10. The van der Waals surface area contributed by atoms with Crippen LogP contribution >= 0.6 is 0 Å². The Morgan fingerprint density at radius 1 is 1.00 bits per heavy atom. The molecule has 1 rings (SSSR count). The van der Waals surface area contributed by atoms with Gasteiger partial charge in [-0.05, 0) is 30.6 Å². The molecule has 4 heteroatoms. The molecule has 0 aliphatic carbocycles. The minimum atomic E-state index is -1.66. The molecule has 20 heavy (non-hydrogen) atoms. The topological polar surface area (TPSA) is 27.7 Å². The summed E-state index contributed by atoms with van der Waals surface area (Å²) in [6, 6.07) is 13.5. The molecule has 0 bridgehead atoms. The minimum Gasteiger partial charge on any atom is -0.374 e. The van der Waals surface area contributed by atoms with Crippen LogP contribution < -0.4 is 0 Å². The van der Waals surface area contributed by atoms with E-state index in [0.29, 0.717) is 13.2 Å². The van der Waals surface area contributed by atoms with E-state index in [9.17, 15) is 0 Å². The number of ether oxygens (including phenoxy) is 1. The molecule has 1 aromatic carbocycles. The second-order valence-electron chi connectivity index (χ2n) is 5.23. The van der Waals surface area contributed by atoms with Gasteiger partial charge in [0.2, 0.25) is 8.32 Å². The van der Waals surface area contributed by atoms with E-state index in [1.54, 1.807) is 0 Å². The van der Waals surface area contributed by atoms with Gasteiger partial charge in [0.15, 0.2) is 0 Å². The smallest absolute Gasteiger partial charge is 0.238 e. The number of hydrogen-bond acceptors (Lipinski definition) is 3. The third-order valence-corrected chi connectivity index (χ3v) is 8.10. The number of benzene rings is 1. The van der Waals surface area contributed by atoms with Gasteiger partial charge < -0.3 is 4.74 Å². The first-order chi connectivity index (χ1) is 9.65. The quantitative estimate of drug-likeness (QED) is 0.360. The molecule has 3 nitrogen and oxygen atoms in total. The zero-order chi connectivity index (χ0) is 14.8. The molecule has 1 aromatic rings. The lowest BCUT2D eigenvalue weighted by Gasteiger charge is -2.27. The van der Waals surface area contributed by atoms with Crippen molar-refractivity contribution in [1.29, 1.82) is 0 Å². The lowest BCUT2D eigenvalue weighted by atomic mass is 10.2. The van der Waals surface area contributed by atoms with E-state index in [1.807, 2.05) is 25.1 Å². The first-order valence-corrected chi connectivity index (χ1v) is 10.1. The van der Waals surface area contributed by atoms with Crippen molar-refractivity contribution < 1.29 is 14.2 Å². The summed E-state index contributed by atoms with van der Waals surface area (Å²) in [5.74, 6) is 0. The molecule has 0 aromatic heterocycles.